The third kappa shape index (κ3) is 2.17. The summed E-state index contributed by atoms with van der Waals surface area (Å²) in [6.07, 6.45) is 7.41. The van der Waals surface area contributed by atoms with Crippen LogP contribution >= 0.6 is 0 Å². The van der Waals surface area contributed by atoms with E-state index in [-0.39, 0.29) is 11.3 Å². The Hall–Kier alpha value is -1.90. The zero-order valence-corrected chi connectivity index (χ0v) is 14.2. The largest absolute Gasteiger partial charge is 0.325 e. The molecule has 0 unspecified atom stereocenters. The van der Waals surface area contributed by atoms with Gasteiger partial charge in [-0.15, -0.1) is 0 Å². The summed E-state index contributed by atoms with van der Waals surface area (Å²) in [5, 5.41) is 4.35. The van der Waals surface area contributed by atoms with Gasteiger partial charge in [-0.1, -0.05) is 18.2 Å². The number of fused-ring (bicyclic) bond motifs is 1. The Morgan fingerprint density at radius 2 is 1.71 bits per heavy atom. The van der Waals surface area contributed by atoms with Crippen LogP contribution in [0, 0.1) is 30.1 Å². The van der Waals surface area contributed by atoms with E-state index in [9.17, 15) is 4.79 Å². The van der Waals surface area contributed by atoms with E-state index in [1.165, 1.54) is 19.3 Å². The van der Waals surface area contributed by atoms with Gasteiger partial charge in [-0.3, -0.25) is 9.78 Å². The van der Waals surface area contributed by atoms with Gasteiger partial charge in [0, 0.05) is 11.1 Å². The summed E-state index contributed by atoms with van der Waals surface area (Å²) in [7, 11) is 0. The highest BCUT2D eigenvalue weighted by atomic mass is 16.2. The van der Waals surface area contributed by atoms with E-state index in [1.807, 2.05) is 31.2 Å². The number of pyridine rings is 1. The van der Waals surface area contributed by atoms with E-state index < -0.39 is 0 Å². The maximum Gasteiger partial charge on any atom is 0.230 e. The summed E-state index contributed by atoms with van der Waals surface area (Å²) in [5.41, 5.74) is 2.74. The number of benzene rings is 1. The lowest BCUT2D eigenvalue weighted by Crippen LogP contribution is -2.51. The van der Waals surface area contributed by atoms with Crippen LogP contribution in [0.4, 0.5) is 5.69 Å². The molecule has 6 rings (SSSR count). The molecule has 3 heteroatoms. The highest BCUT2D eigenvalue weighted by Gasteiger charge is 2.54. The van der Waals surface area contributed by atoms with Crippen LogP contribution in [0.5, 0.6) is 0 Å². The first kappa shape index (κ1) is 14.4. The standard InChI is InChI=1S/C21H24N2O/c1-13-6-19(17-4-2-3-5-18(17)22-13)23-20(24)21-10-14-7-15(11-21)9-16(8-14)12-21/h2-6,14-16H,7-12H2,1H3,(H,22,23,24). The van der Waals surface area contributed by atoms with E-state index in [0.29, 0.717) is 0 Å². The van der Waals surface area contributed by atoms with Crippen LogP contribution in [0.1, 0.15) is 44.2 Å². The van der Waals surface area contributed by atoms with E-state index in [4.69, 9.17) is 0 Å². The minimum absolute atomic E-state index is 0.104. The maximum absolute atomic E-state index is 13.3. The van der Waals surface area contributed by atoms with E-state index in [1.54, 1.807) is 0 Å². The van der Waals surface area contributed by atoms with Crippen molar-refractivity contribution in [1.82, 2.24) is 4.98 Å². The topological polar surface area (TPSA) is 42.0 Å². The molecular weight excluding hydrogens is 296 g/mol. The number of carbonyl (C=O) groups excluding carboxylic acids is 1. The molecule has 4 fully saturated rings. The molecule has 1 aromatic heterocycles. The van der Waals surface area contributed by atoms with Crippen molar-refractivity contribution < 1.29 is 4.79 Å². The predicted molar refractivity (Wildman–Crippen MR) is 95.7 cm³/mol. The number of nitrogens with one attached hydrogen (secondary N) is 1. The van der Waals surface area contributed by atoms with E-state index >= 15 is 0 Å². The van der Waals surface area contributed by atoms with Crippen LogP contribution in [-0.2, 0) is 4.79 Å². The fourth-order valence-corrected chi connectivity index (χ4v) is 6.05. The quantitative estimate of drug-likeness (QED) is 0.871. The Morgan fingerprint density at radius 1 is 1.08 bits per heavy atom. The molecule has 2 aromatic rings. The lowest BCUT2D eigenvalue weighted by atomic mass is 9.49. The first-order valence-corrected chi connectivity index (χ1v) is 9.29. The first-order chi connectivity index (χ1) is 11.6. The number of aromatic nitrogens is 1. The van der Waals surface area contributed by atoms with Crippen LogP contribution in [0.25, 0.3) is 10.9 Å². The third-order valence-electron chi connectivity index (χ3n) is 6.61. The van der Waals surface area contributed by atoms with Crippen molar-refractivity contribution in [3.05, 3.63) is 36.0 Å². The lowest BCUT2D eigenvalue weighted by molar-refractivity contribution is -0.140. The molecule has 0 aliphatic heterocycles. The lowest BCUT2D eigenvalue weighted by Gasteiger charge is -2.55. The normalized spacial score (nSPS) is 33.8. The Labute approximate surface area is 142 Å². The first-order valence-electron chi connectivity index (χ1n) is 9.29. The Kier molecular flexibility index (Phi) is 3.04. The minimum Gasteiger partial charge on any atom is -0.325 e. The highest BCUT2D eigenvalue weighted by molar-refractivity contribution is 6.03. The van der Waals surface area contributed by atoms with Gasteiger partial charge in [-0.2, -0.15) is 0 Å². The molecule has 1 aromatic carbocycles. The van der Waals surface area contributed by atoms with Crippen molar-refractivity contribution in [2.75, 3.05) is 5.32 Å². The van der Waals surface area contributed by atoms with Crippen LogP contribution in [0.2, 0.25) is 0 Å². The molecular formula is C21H24N2O. The molecule has 4 bridgehead atoms. The number of carbonyl (C=O) groups is 1. The average molecular weight is 320 g/mol. The fourth-order valence-electron chi connectivity index (χ4n) is 6.05. The molecule has 1 heterocycles. The summed E-state index contributed by atoms with van der Waals surface area (Å²) < 4.78 is 0. The molecule has 0 saturated heterocycles. The minimum atomic E-state index is -0.104. The molecule has 24 heavy (non-hydrogen) atoms. The molecule has 3 nitrogen and oxygen atoms in total. The van der Waals surface area contributed by atoms with E-state index in [2.05, 4.69) is 16.4 Å². The van der Waals surface area contributed by atoms with Gasteiger partial charge < -0.3 is 5.32 Å². The molecule has 0 atom stereocenters. The summed E-state index contributed by atoms with van der Waals surface area (Å²) in [5.74, 6) is 2.63. The number of amides is 1. The van der Waals surface area contributed by atoms with Crippen LogP contribution in [-0.4, -0.2) is 10.9 Å². The number of rotatable bonds is 2. The molecule has 0 radical (unpaired) electrons. The van der Waals surface area contributed by atoms with Crippen LogP contribution in [0.3, 0.4) is 0 Å². The highest BCUT2D eigenvalue weighted by Crippen LogP contribution is 2.60. The van der Waals surface area contributed by atoms with Gasteiger partial charge in [-0.25, -0.2) is 0 Å². The second-order valence-corrected chi connectivity index (χ2v) is 8.48. The monoisotopic (exact) mass is 320 g/mol. The summed E-state index contributed by atoms with van der Waals surface area (Å²) >= 11 is 0. The second-order valence-electron chi connectivity index (χ2n) is 8.48. The van der Waals surface area contributed by atoms with E-state index in [0.717, 1.165) is 59.3 Å². The third-order valence-corrected chi connectivity index (χ3v) is 6.61. The second kappa shape index (κ2) is 5.05. The van der Waals surface area contributed by atoms with Gasteiger partial charge in [0.05, 0.1) is 16.6 Å². The number of hydrogen-bond acceptors (Lipinski definition) is 2. The Bertz CT molecular complexity index is 790. The number of nitrogens with zero attached hydrogens (tertiary/aromatic N) is 1. The number of anilines is 1. The zero-order valence-electron chi connectivity index (χ0n) is 14.2. The zero-order chi connectivity index (χ0) is 16.3. The van der Waals surface area contributed by atoms with Gasteiger partial charge in [0.1, 0.15) is 0 Å². The van der Waals surface area contributed by atoms with Gasteiger partial charge in [-0.05, 0) is 75.3 Å². The molecule has 1 amide bonds. The predicted octanol–water partition coefficient (Wildman–Crippen LogP) is 4.70. The molecule has 124 valence electrons. The van der Waals surface area contributed by atoms with Crippen LogP contribution < -0.4 is 5.32 Å². The number of para-hydroxylation sites is 1. The molecule has 1 N–H and O–H groups in total. The SMILES string of the molecule is Cc1cc(NC(=O)C23CC4CC(CC(C4)C2)C3)c2ccccc2n1. The van der Waals surface area contributed by atoms with Crippen molar-refractivity contribution in [2.24, 2.45) is 23.2 Å². The van der Waals surface area contributed by atoms with Gasteiger partial charge in [0.15, 0.2) is 0 Å². The number of hydrogen-bond donors (Lipinski definition) is 1. The summed E-state index contributed by atoms with van der Waals surface area (Å²) in [4.78, 5) is 17.9. The van der Waals surface area contributed by atoms with Crippen molar-refractivity contribution in [1.29, 1.82) is 0 Å². The Morgan fingerprint density at radius 3 is 2.38 bits per heavy atom. The van der Waals surface area contributed by atoms with Crippen LogP contribution in [0.15, 0.2) is 30.3 Å². The van der Waals surface area contributed by atoms with Crippen molar-refractivity contribution in [3.63, 3.8) is 0 Å². The van der Waals surface area contributed by atoms with Crippen molar-refractivity contribution in [3.8, 4) is 0 Å². The smallest absolute Gasteiger partial charge is 0.230 e. The van der Waals surface area contributed by atoms with Gasteiger partial charge in [0.2, 0.25) is 5.91 Å². The summed E-state index contributed by atoms with van der Waals surface area (Å²) in [6, 6.07) is 10.1. The Balaban J connectivity index is 1.49. The average Bonchev–Trinajstić information content (AvgIpc) is 2.53. The van der Waals surface area contributed by atoms with Crippen molar-refractivity contribution >= 4 is 22.5 Å². The molecule has 0 spiro atoms. The maximum atomic E-state index is 13.3. The van der Waals surface area contributed by atoms with Crippen molar-refractivity contribution in [2.45, 2.75) is 45.4 Å². The van der Waals surface area contributed by atoms with Gasteiger partial charge >= 0.3 is 0 Å². The molecule has 4 aliphatic carbocycles. The summed E-state index contributed by atoms with van der Waals surface area (Å²) in [6.45, 7) is 1.99. The molecule has 4 saturated carbocycles. The van der Waals surface area contributed by atoms with Gasteiger partial charge in [0.25, 0.3) is 0 Å². The fraction of sp³-hybridized carbons (Fsp3) is 0.524. The molecule has 4 aliphatic rings. The number of aryl methyl sites for hydroxylation is 1.